The van der Waals surface area contributed by atoms with E-state index in [1.807, 2.05) is 36.4 Å². The predicted molar refractivity (Wildman–Crippen MR) is 79.1 cm³/mol. The first-order valence-corrected chi connectivity index (χ1v) is 6.24. The first-order chi connectivity index (χ1) is 9.66. The highest BCUT2D eigenvalue weighted by Crippen LogP contribution is 2.34. The molecule has 0 fully saturated rings. The molecular formula is C15H14N4O. The lowest BCUT2D eigenvalue weighted by Crippen LogP contribution is -2.04. The van der Waals surface area contributed by atoms with E-state index in [0.29, 0.717) is 17.2 Å². The molecule has 0 atom stereocenters. The Kier molecular flexibility index (Phi) is 2.87. The van der Waals surface area contributed by atoms with Gasteiger partial charge in [0.1, 0.15) is 11.5 Å². The average Bonchev–Trinajstić information content (AvgIpc) is 2.76. The Morgan fingerprint density at radius 2 is 1.85 bits per heavy atom. The third-order valence-electron chi connectivity index (χ3n) is 3.18. The van der Waals surface area contributed by atoms with Crippen LogP contribution in [0.1, 0.15) is 0 Å². The largest absolute Gasteiger partial charge is 0.383 e. The number of aromatic nitrogens is 3. The minimum absolute atomic E-state index is 0.161. The molecule has 0 amide bonds. The number of aryl methyl sites for hydroxylation is 1. The standard InChI is InChI=1S/C15H14N4O/c1-19-15(16)13(10-6-3-2-4-7-10)14(18-19)11-8-5-9-12(20)17-11/h2-9H,16H2,1H3,(H,17,20). The second kappa shape index (κ2) is 4.70. The van der Waals surface area contributed by atoms with E-state index in [1.165, 1.54) is 6.07 Å². The van der Waals surface area contributed by atoms with Gasteiger partial charge in [-0.3, -0.25) is 9.48 Å². The van der Waals surface area contributed by atoms with Crippen LogP contribution in [0.3, 0.4) is 0 Å². The molecule has 2 aromatic heterocycles. The maximum absolute atomic E-state index is 11.5. The molecule has 0 aliphatic rings. The van der Waals surface area contributed by atoms with Crippen molar-refractivity contribution in [1.29, 1.82) is 0 Å². The van der Waals surface area contributed by atoms with Crippen molar-refractivity contribution in [2.75, 3.05) is 5.73 Å². The highest BCUT2D eigenvalue weighted by Gasteiger charge is 2.17. The van der Waals surface area contributed by atoms with Gasteiger partial charge < -0.3 is 10.7 Å². The molecule has 5 heteroatoms. The molecule has 0 saturated carbocycles. The maximum atomic E-state index is 11.5. The van der Waals surface area contributed by atoms with E-state index in [0.717, 1.165) is 11.1 Å². The van der Waals surface area contributed by atoms with Gasteiger partial charge in [0.25, 0.3) is 0 Å². The van der Waals surface area contributed by atoms with Crippen LogP contribution in [0.25, 0.3) is 22.5 Å². The minimum Gasteiger partial charge on any atom is -0.383 e. The lowest BCUT2D eigenvalue weighted by molar-refractivity contribution is 0.781. The maximum Gasteiger partial charge on any atom is 0.248 e. The summed E-state index contributed by atoms with van der Waals surface area (Å²) in [5.74, 6) is 0.566. The molecule has 3 aromatic rings. The van der Waals surface area contributed by atoms with E-state index >= 15 is 0 Å². The molecule has 1 aromatic carbocycles. The third-order valence-corrected chi connectivity index (χ3v) is 3.18. The molecule has 0 bridgehead atoms. The highest BCUT2D eigenvalue weighted by molar-refractivity contribution is 5.86. The highest BCUT2D eigenvalue weighted by atomic mass is 16.1. The van der Waals surface area contributed by atoms with Crippen molar-refractivity contribution in [2.45, 2.75) is 0 Å². The fraction of sp³-hybridized carbons (Fsp3) is 0.0667. The number of anilines is 1. The van der Waals surface area contributed by atoms with Crippen LogP contribution in [0.2, 0.25) is 0 Å². The Bertz CT molecular complexity index is 802. The first kappa shape index (κ1) is 12.2. The topological polar surface area (TPSA) is 76.7 Å². The minimum atomic E-state index is -0.161. The summed E-state index contributed by atoms with van der Waals surface area (Å²) in [6, 6.07) is 14.8. The molecule has 0 aliphatic heterocycles. The van der Waals surface area contributed by atoms with Crippen LogP contribution in [0, 0.1) is 0 Å². The number of rotatable bonds is 2. The van der Waals surface area contributed by atoms with E-state index in [1.54, 1.807) is 17.8 Å². The summed E-state index contributed by atoms with van der Waals surface area (Å²) < 4.78 is 1.61. The zero-order valence-electron chi connectivity index (χ0n) is 11.0. The van der Waals surface area contributed by atoms with Crippen molar-refractivity contribution in [3.63, 3.8) is 0 Å². The van der Waals surface area contributed by atoms with Gasteiger partial charge in [0, 0.05) is 13.1 Å². The predicted octanol–water partition coefficient (Wildman–Crippen LogP) is 2.02. The van der Waals surface area contributed by atoms with E-state index in [9.17, 15) is 4.79 Å². The second-order valence-electron chi connectivity index (χ2n) is 4.53. The molecule has 0 saturated heterocycles. The van der Waals surface area contributed by atoms with Crippen molar-refractivity contribution in [1.82, 2.24) is 14.8 Å². The summed E-state index contributed by atoms with van der Waals surface area (Å²) in [7, 11) is 1.78. The SMILES string of the molecule is Cn1nc(-c2cccc(=O)[nH]2)c(-c2ccccc2)c1N. The normalized spacial score (nSPS) is 10.7. The monoisotopic (exact) mass is 266 g/mol. The van der Waals surface area contributed by atoms with E-state index in [-0.39, 0.29) is 5.56 Å². The number of nitrogens with zero attached hydrogens (tertiary/aromatic N) is 2. The zero-order valence-corrected chi connectivity index (χ0v) is 11.0. The second-order valence-corrected chi connectivity index (χ2v) is 4.53. The number of nitrogens with one attached hydrogen (secondary N) is 1. The molecule has 0 radical (unpaired) electrons. The van der Waals surface area contributed by atoms with Crippen LogP contribution in [-0.2, 0) is 7.05 Å². The number of nitrogens with two attached hydrogens (primary N) is 1. The number of hydrogen-bond acceptors (Lipinski definition) is 3. The molecule has 20 heavy (non-hydrogen) atoms. The van der Waals surface area contributed by atoms with Crippen LogP contribution < -0.4 is 11.3 Å². The van der Waals surface area contributed by atoms with Gasteiger partial charge in [-0.15, -0.1) is 0 Å². The van der Waals surface area contributed by atoms with Gasteiger partial charge in [0.15, 0.2) is 0 Å². The number of hydrogen-bond donors (Lipinski definition) is 2. The molecule has 0 spiro atoms. The van der Waals surface area contributed by atoms with Gasteiger partial charge >= 0.3 is 0 Å². The Morgan fingerprint density at radius 1 is 1.10 bits per heavy atom. The molecule has 0 aliphatic carbocycles. The van der Waals surface area contributed by atoms with Crippen LogP contribution in [-0.4, -0.2) is 14.8 Å². The van der Waals surface area contributed by atoms with Crippen molar-refractivity contribution >= 4 is 5.82 Å². The van der Waals surface area contributed by atoms with Gasteiger partial charge in [-0.1, -0.05) is 36.4 Å². The number of nitrogen functional groups attached to an aromatic ring is 1. The Balaban J connectivity index is 2.28. The number of H-pyrrole nitrogens is 1. The summed E-state index contributed by atoms with van der Waals surface area (Å²) in [4.78, 5) is 14.3. The van der Waals surface area contributed by atoms with Gasteiger partial charge in [-0.25, -0.2) is 0 Å². The Morgan fingerprint density at radius 3 is 2.55 bits per heavy atom. The molecule has 100 valence electrons. The third kappa shape index (κ3) is 1.99. The molecule has 0 unspecified atom stereocenters. The van der Waals surface area contributed by atoms with Crippen LogP contribution >= 0.6 is 0 Å². The van der Waals surface area contributed by atoms with E-state index in [4.69, 9.17) is 5.73 Å². The summed E-state index contributed by atoms with van der Waals surface area (Å²) in [6.07, 6.45) is 0. The van der Waals surface area contributed by atoms with E-state index in [2.05, 4.69) is 10.1 Å². The Labute approximate surface area is 115 Å². The fourth-order valence-electron chi connectivity index (χ4n) is 2.20. The molecule has 3 N–H and O–H groups in total. The number of aromatic amines is 1. The van der Waals surface area contributed by atoms with Crippen LogP contribution in [0.4, 0.5) is 5.82 Å². The summed E-state index contributed by atoms with van der Waals surface area (Å²) in [5.41, 5.74) is 9.09. The van der Waals surface area contributed by atoms with Crippen LogP contribution in [0.15, 0.2) is 53.3 Å². The summed E-state index contributed by atoms with van der Waals surface area (Å²) in [6.45, 7) is 0. The summed E-state index contributed by atoms with van der Waals surface area (Å²) >= 11 is 0. The number of benzene rings is 1. The van der Waals surface area contributed by atoms with E-state index < -0.39 is 0 Å². The molecule has 3 rings (SSSR count). The van der Waals surface area contributed by atoms with Crippen molar-refractivity contribution in [3.05, 3.63) is 58.9 Å². The fourth-order valence-corrected chi connectivity index (χ4v) is 2.20. The van der Waals surface area contributed by atoms with Crippen molar-refractivity contribution < 1.29 is 0 Å². The lowest BCUT2D eigenvalue weighted by atomic mass is 10.0. The van der Waals surface area contributed by atoms with Gasteiger partial charge in [-0.05, 0) is 11.6 Å². The van der Waals surface area contributed by atoms with Crippen molar-refractivity contribution in [2.24, 2.45) is 7.05 Å². The smallest absolute Gasteiger partial charge is 0.248 e. The first-order valence-electron chi connectivity index (χ1n) is 6.24. The molecular weight excluding hydrogens is 252 g/mol. The molecule has 2 heterocycles. The van der Waals surface area contributed by atoms with Crippen molar-refractivity contribution in [3.8, 4) is 22.5 Å². The Hall–Kier alpha value is -2.82. The lowest BCUT2D eigenvalue weighted by Gasteiger charge is -2.04. The van der Waals surface area contributed by atoms with Gasteiger partial charge in [0.2, 0.25) is 5.56 Å². The quantitative estimate of drug-likeness (QED) is 0.745. The average molecular weight is 266 g/mol. The van der Waals surface area contributed by atoms with Gasteiger partial charge in [0.05, 0.1) is 11.3 Å². The zero-order chi connectivity index (χ0) is 14.1. The van der Waals surface area contributed by atoms with Gasteiger partial charge in [-0.2, -0.15) is 5.10 Å². The summed E-state index contributed by atoms with van der Waals surface area (Å²) in [5, 5.41) is 4.42. The van der Waals surface area contributed by atoms with Crippen LogP contribution in [0.5, 0.6) is 0 Å². The number of pyridine rings is 1. The molecule has 5 nitrogen and oxygen atoms in total.